The summed E-state index contributed by atoms with van der Waals surface area (Å²) < 4.78 is 7.58. The van der Waals surface area contributed by atoms with Gasteiger partial charge >= 0.3 is 0 Å². The number of nitrogens with two attached hydrogens (primary N) is 1. The minimum atomic E-state index is -0.406. The molecular weight excluding hydrogens is 324 g/mol. The Morgan fingerprint density at radius 3 is 2.62 bits per heavy atom. The Morgan fingerprint density at radius 2 is 1.85 bits per heavy atom. The third-order valence-corrected chi connectivity index (χ3v) is 4.79. The molecule has 0 bridgehead atoms. The van der Waals surface area contributed by atoms with Gasteiger partial charge in [-0.25, -0.2) is 0 Å². The van der Waals surface area contributed by atoms with E-state index in [9.17, 15) is 4.79 Å². The summed E-state index contributed by atoms with van der Waals surface area (Å²) in [4.78, 5) is 12.0. The molecule has 1 amide bonds. The number of benzene rings is 3. The number of primary amides is 1. The highest BCUT2D eigenvalue weighted by Gasteiger charge is 2.16. The van der Waals surface area contributed by atoms with Crippen LogP contribution in [0, 0.1) is 6.92 Å². The van der Waals surface area contributed by atoms with Gasteiger partial charge in [-0.2, -0.15) is 0 Å². The Kier molecular flexibility index (Phi) is 3.88. The van der Waals surface area contributed by atoms with E-state index in [1.54, 1.807) is 13.2 Å². The van der Waals surface area contributed by atoms with Crippen LogP contribution in [0.3, 0.4) is 0 Å². The van der Waals surface area contributed by atoms with Crippen LogP contribution < -0.4 is 10.5 Å². The number of nitrogens with zero attached hydrogens (tertiary/aromatic N) is 1. The standard InChI is InChI=1S/C22H20N2O2/c1-14-9-10-17-20(11-14)24(13-15-5-3-6-16(12-15)26-2)19-8-4-7-18(21(17)19)22(23)25/h3-12H,13H2,1-2H3,(H2,23,25). The molecule has 0 atom stereocenters. The molecule has 0 radical (unpaired) electrons. The second-order valence-corrected chi connectivity index (χ2v) is 6.52. The van der Waals surface area contributed by atoms with E-state index in [1.165, 1.54) is 5.56 Å². The predicted octanol–water partition coefficient (Wildman–Crippen LogP) is 4.26. The summed E-state index contributed by atoms with van der Waals surface area (Å²) in [5.41, 5.74) is 10.6. The van der Waals surface area contributed by atoms with Crippen LogP contribution in [0.25, 0.3) is 21.8 Å². The van der Waals surface area contributed by atoms with Crippen LogP contribution in [0.15, 0.2) is 60.7 Å². The highest BCUT2D eigenvalue weighted by molar-refractivity contribution is 6.17. The van der Waals surface area contributed by atoms with Gasteiger partial charge in [0.25, 0.3) is 0 Å². The van der Waals surface area contributed by atoms with Gasteiger partial charge in [-0.3, -0.25) is 4.79 Å². The highest BCUT2D eigenvalue weighted by Crippen LogP contribution is 2.33. The zero-order valence-corrected chi connectivity index (χ0v) is 14.8. The quantitative estimate of drug-likeness (QED) is 0.601. The van der Waals surface area contributed by atoms with Gasteiger partial charge in [-0.1, -0.05) is 30.3 Å². The Labute approximate surface area is 151 Å². The van der Waals surface area contributed by atoms with Crippen molar-refractivity contribution in [2.45, 2.75) is 13.5 Å². The zero-order valence-electron chi connectivity index (χ0n) is 14.8. The average molecular weight is 344 g/mol. The first-order valence-corrected chi connectivity index (χ1v) is 8.53. The van der Waals surface area contributed by atoms with Crippen LogP contribution in [0.1, 0.15) is 21.5 Å². The number of aryl methyl sites for hydroxylation is 1. The number of fused-ring (bicyclic) bond motifs is 3. The Morgan fingerprint density at radius 1 is 1.04 bits per heavy atom. The van der Waals surface area contributed by atoms with Gasteiger partial charge in [-0.05, 0) is 48.4 Å². The van der Waals surface area contributed by atoms with Gasteiger partial charge in [0.15, 0.2) is 0 Å². The lowest BCUT2D eigenvalue weighted by atomic mass is 10.1. The number of rotatable bonds is 4. The van der Waals surface area contributed by atoms with Crippen LogP contribution in [0.2, 0.25) is 0 Å². The van der Waals surface area contributed by atoms with Gasteiger partial charge in [0.2, 0.25) is 5.91 Å². The van der Waals surface area contributed by atoms with E-state index in [0.29, 0.717) is 12.1 Å². The number of hydrogen-bond donors (Lipinski definition) is 1. The lowest BCUT2D eigenvalue weighted by Crippen LogP contribution is -2.11. The monoisotopic (exact) mass is 344 g/mol. The maximum absolute atomic E-state index is 12.0. The molecule has 0 fully saturated rings. The molecule has 3 aromatic carbocycles. The maximum atomic E-state index is 12.0. The van der Waals surface area contributed by atoms with Crippen molar-refractivity contribution in [3.8, 4) is 5.75 Å². The molecule has 0 aliphatic carbocycles. The van der Waals surface area contributed by atoms with Crippen LogP contribution in [-0.4, -0.2) is 17.6 Å². The number of carbonyl (C=O) groups excluding carboxylic acids is 1. The van der Waals surface area contributed by atoms with Crippen molar-refractivity contribution in [3.05, 3.63) is 77.4 Å². The number of amides is 1. The van der Waals surface area contributed by atoms with Crippen molar-refractivity contribution in [1.82, 2.24) is 4.57 Å². The molecule has 4 rings (SSSR count). The number of aromatic nitrogens is 1. The van der Waals surface area contributed by atoms with Gasteiger partial charge in [0.05, 0.1) is 12.6 Å². The molecule has 0 saturated heterocycles. The summed E-state index contributed by atoms with van der Waals surface area (Å²) in [6.45, 7) is 2.75. The van der Waals surface area contributed by atoms with E-state index in [4.69, 9.17) is 10.5 Å². The summed E-state index contributed by atoms with van der Waals surface area (Å²) in [5.74, 6) is 0.425. The molecule has 26 heavy (non-hydrogen) atoms. The summed E-state index contributed by atoms with van der Waals surface area (Å²) in [7, 11) is 1.67. The Hall–Kier alpha value is -3.27. The molecule has 0 unspecified atom stereocenters. The first-order chi connectivity index (χ1) is 12.6. The molecule has 0 saturated carbocycles. The summed E-state index contributed by atoms with van der Waals surface area (Å²) in [6, 6.07) is 20.0. The van der Waals surface area contributed by atoms with E-state index >= 15 is 0 Å². The lowest BCUT2D eigenvalue weighted by Gasteiger charge is -2.10. The summed E-state index contributed by atoms with van der Waals surface area (Å²) in [5, 5.41) is 1.96. The molecule has 4 nitrogen and oxygen atoms in total. The normalized spacial score (nSPS) is 11.2. The molecule has 0 aliphatic heterocycles. The molecule has 1 aromatic heterocycles. The van der Waals surface area contributed by atoms with Crippen molar-refractivity contribution < 1.29 is 9.53 Å². The van der Waals surface area contributed by atoms with Gasteiger partial charge in [0, 0.05) is 28.4 Å². The molecule has 1 heterocycles. The third kappa shape index (κ3) is 2.60. The van der Waals surface area contributed by atoms with Crippen molar-refractivity contribution in [2.24, 2.45) is 5.73 Å². The Balaban J connectivity index is 2.01. The van der Waals surface area contributed by atoms with E-state index in [-0.39, 0.29) is 0 Å². The van der Waals surface area contributed by atoms with Gasteiger partial charge in [0.1, 0.15) is 5.75 Å². The zero-order chi connectivity index (χ0) is 18.3. The third-order valence-electron chi connectivity index (χ3n) is 4.79. The maximum Gasteiger partial charge on any atom is 0.249 e. The minimum absolute atomic E-state index is 0.406. The molecule has 0 aliphatic rings. The van der Waals surface area contributed by atoms with E-state index in [0.717, 1.165) is 33.1 Å². The van der Waals surface area contributed by atoms with Gasteiger partial charge < -0.3 is 15.0 Å². The van der Waals surface area contributed by atoms with Gasteiger partial charge in [-0.15, -0.1) is 0 Å². The number of hydrogen-bond acceptors (Lipinski definition) is 2. The molecule has 4 heteroatoms. The fraction of sp³-hybridized carbons (Fsp3) is 0.136. The van der Waals surface area contributed by atoms with Crippen LogP contribution in [-0.2, 0) is 6.54 Å². The van der Waals surface area contributed by atoms with Crippen molar-refractivity contribution in [1.29, 1.82) is 0 Å². The topological polar surface area (TPSA) is 57.2 Å². The molecule has 2 N–H and O–H groups in total. The second kappa shape index (κ2) is 6.23. The molecule has 130 valence electrons. The lowest BCUT2D eigenvalue weighted by molar-refractivity contribution is 0.100. The highest BCUT2D eigenvalue weighted by atomic mass is 16.5. The fourth-order valence-electron chi connectivity index (χ4n) is 3.58. The molecule has 0 spiro atoms. The van der Waals surface area contributed by atoms with Crippen LogP contribution in [0.4, 0.5) is 0 Å². The number of methoxy groups -OCH3 is 1. The van der Waals surface area contributed by atoms with Crippen LogP contribution in [0.5, 0.6) is 5.75 Å². The SMILES string of the molecule is COc1cccc(Cn2c3cc(C)ccc3c3c(C(N)=O)cccc32)c1. The van der Waals surface area contributed by atoms with E-state index in [2.05, 4.69) is 35.8 Å². The number of carbonyl (C=O) groups is 1. The molecular formula is C22H20N2O2. The summed E-state index contributed by atoms with van der Waals surface area (Å²) >= 11 is 0. The second-order valence-electron chi connectivity index (χ2n) is 6.52. The van der Waals surface area contributed by atoms with Crippen LogP contribution >= 0.6 is 0 Å². The van der Waals surface area contributed by atoms with Crippen molar-refractivity contribution in [3.63, 3.8) is 0 Å². The van der Waals surface area contributed by atoms with Crippen molar-refractivity contribution >= 4 is 27.7 Å². The van der Waals surface area contributed by atoms with Crippen molar-refractivity contribution in [2.75, 3.05) is 7.11 Å². The largest absolute Gasteiger partial charge is 0.497 e. The minimum Gasteiger partial charge on any atom is -0.497 e. The molecule has 4 aromatic rings. The Bertz CT molecular complexity index is 1140. The fourth-order valence-corrected chi connectivity index (χ4v) is 3.58. The predicted molar refractivity (Wildman–Crippen MR) is 105 cm³/mol. The first kappa shape index (κ1) is 16.2. The average Bonchev–Trinajstić information content (AvgIpc) is 2.95. The first-order valence-electron chi connectivity index (χ1n) is 8.53. The van der Waals surface area contributed by atoms with E-state index in [1.807, 2.05) is 30.3 Å². The van der Waals surface area contributed by atoms with E-state index < -0.39 is 5.91 Å². The summed E-state index contributed by atoms with van der Waals surface area (Å²) in [6.07, 6.45) is 0. The number of ether oxygens (including phenoxy) is 1. The smallest absolute Gasteiger partial charge is 0.249 e.